The van der Waals surface area contributed by atoms with Crippen LogP contribution >= 0.6 is 0 Å². The molecule has 0 spiro atoms. The quantitative estimate of drug-likeness (QED) is 0.654. The molecule has 1 saturated heterocycles. The van der Waals surface area contributed by atoms with Gasteiger partial charge in [-0.3, -0.25) is 14.8 Å². The highest BCUT2D eigenvalue weighted by Crippen LogP contribution is 2.21. The number of aromatic carboxylic acids is 1. The molecule has 1 aliphatic heterocycles. The third-order valence-electron chi connectivity index (χ3n) is 2.28. The highest BCUT2D eigenvalue weighted by molar-refractivity contribution is 5.95. The van der Waals surface area contributed by atoms with E-state index in [1.807, 2.05) is 0 Å². The number of nitrogens with one attached hydrogen (secondary N) is 1. The lowest BCUT2D eigenvalue weighted by atomic mass is 10.1. The van der Waals surface area contributed by atoms with E-state index in [0.717, 1.165) is 0 Å². The van der Waals surface area contributed by atoms with E-state index in [1.54, 1.807) is 0 Å². The zero-order valence-corrected chi connectivity index (χ0v) is 8.17. The largest absolute Gasteiger partial charge is 0.475 e. The predicted octanol–water partition coefficient (Wildman–Crippen LogP) is -0.511. The monoisotopic (exact) mass is 220 g/mol. The van der Waals surface area contributed by atoms with E-state index in [0.29, 0.717) is 6.54 Å². The summed E-state index contributed by atoms with van der Waals surface area (Å²) in [7, 11) is 0. The van der Waals surface area contributed by atoms with Crippen molar-refractivity contribution in [2.45, 2.75) is 6.42 Å². The van der Waals surface area contributed by atoms with Crippen molar-refractivity contribution in [3.63, 3.8) is 0 Å². The molecule has 2 rings (SSSR count). The van der Waals surface area contributed by atoms with Crippen molar-refractivity contribution in [1.82, 2.24) is 15.2 Å². The number of aromatic nitrogens is 3. The van der Waals surface area contributed by atoms with Gasteiger partial charge in [0, 0.05) is 18.9 Å². The Bertz CT molecular complexity index is 487. The molecule has 2 heterocycles. The molecule has 1 amide bonds. The second-order valence-electron chi connectivity index (χ2n) is 3.36. The Hall–Kier alpha value is -2.36. The highest BCUT2D eigenvalue weighted by atomic mass is 16.4. The molecule has 0 aromatic carbocycles. The molecule has 1 fully saturated rings. The normalized spacial score (nSPS) is 19.8. The lowest BCUT2D eigenvalue weighted by Crippen LogP contribution is -2.25. The average Bonchev–Trinajstić information content (AvgIpc) is 2.83. The van der Waals surface area contributed by atoms with Gasteiger partial charge in [0.2, 0.25) is 11.7 Å². The zero-order valence-electron chi connectivity index (χ0n) is 8.17. The van der Waals surface area contributed by atoms with Crippen molar-refractivity contribution in [3.8, 4) is 12.3 Å². The lowest BCUT2D eigenvalue weighted by Gasteiger charge is -2.09. The fraction of sp³-hybridized carbons (Fsp3) is 0.333. The van der Waals surface area contributed by atoms with Crippen molar-refractivity contribution >= 4 is 17.8 Å². The predicted molar refractivity (Wildman–Crippen MR) is 52.6 cm³/mol. The SMILES string of the molecule is C#CC1CC(=O)N(c2n[nH]c(C(=O)O)n2)C1. The lowest BCUT2D eigenvalue weighted by molar-refractivity contribution is -0.117. The Morgan fingerprint density at radius 3 is 2.94 bits per heavy atom. The topological polar surface area (TPSA) is 99.2 Å². The minimum Gasteiger partial charge on any atom is -0.475 e. The van der Waals surface area contributed by atoms with Gasteiger partial charge in [-0.25, -0.2) is 4.79 Å². The van der Waals surface area contributed by atoms with E-state index < -0.39 is 5.97 Å². The summed E-state index contributed by atoms with van der Waals surface area (Å²) >= 11 is 0. The van der Waals surface area contributed by atoms with Crippen LogP contribution in [0.15, 0.2) is 0 Å². The van der Waals surface area contributed by atoms with E-state index in [-0.39, 0.29) is 30.0 Å². The van der Waals surface area contributed by atoms with Crippen LogP contribution in [-0.4, -0.2) is 38.7 Å². The zero-order chi connectivity index (χ0) is 11.7. The number of H-pyrrole nitrogens is 1. The molecule has 1 aromatic rings. The number of nitrogens with zero attached hydrogens (tertiary/aromatic N) is 3. The maximum Gasteiger partial charge on any atom is 0.373 e. The van der Waals surface area contributed by atoms with Crippen LogP contribution in [0.3, 0.4) is 0 Å². The summed E-state index contributed by atoms with van der Waals surface area (Å²) in [6.07, 6.45) is 5.46. The summed E-state index contributed by atoms with van der Waals surface area (Å²) in [5.74, 6) is 0.650. The van der Waals surface area contributed by atoms with Crippen LogP contribution in [-0.2, 0) is 4.79 Å². The Labute approximate surface area is 90.5 Å². The summed E-state index contributed by atoms with van der Waals surface area (Å²) in [4.78, 5) is 27.0. The van der Waals surface area contributed by atoms with Gasteiger partial charge in [-0.2, -0.15) is 4.98 Å². The molecule has 16 heavy (non-hydrogen) atoms. The Balaban J connectivity index is 2.22. The van der Waals surface area contributed by atoms with Crippen LogP contribution in [0.25, 0.3) is 0 Å². The number of hydrogen-bond acceptors (Lipinski definition) is 4. The molecule has 1 aromatic heterocycles. The molecule has 0 saturated carbocycles. The number of carboxylic acid groups (broad SMARTS) is 1. The third kappa shape index (κ3) is 1.61. The van der Waals surface area contributed by atoms with Gasteiger partial charge in [-0.15, -0.1) is 17.4 Å². The smallest absolute Gasteiger partial charge is 0.373 e. The number of hydrogen-bond donors (Lipinski definition) is 2. The fourth-order valence-electron chi connectivity index (χ4n) is 1.48. The minimum absolute atomic E-state index is 0.0557. The molecule has 0 radical (unpaired) electrons. The Morgan fingerprint density at radius 1 is 1.69 bits per heavy atom. The van der Waals surface area contributed by atoms with Crippen molar-refractivity contribution in [2.75, 3.05) is 11.4 Å². The van der Waals surface area contributed by atoms with Gasteiger partial charge >= 0.3 is 5.97 Å². The molecule has 82 valence electrons. The number of rotatable bonds is 2. The molecule has 2 N–H and O–H groups in total. The molecule has 7 nitrogen and oxygen atoms in total. The standard InChI is InChI=1S/C9H8N4O3/c1-2-5-3-6(14)13(4-5)9-10-7(8(15)16)11-12-9/h1,5H,3-4H2,(H,15,16)(H,10,11,12). The molecule has 0 aliphatic carbocycles. The van der Waals surface area contributed by atoms with E-state index >= 15 is 0 Å². The summed E-state index contributed by atoms with van der Waals surface area (Å²) in [5, 5.41) is 14.5. The van der Waals surface area contributed by atoms with Gasteiger partial charge in [-0.05, 0) is 0 Å². The van der Waals surface area contributed by atoms with Gasteiger partial charge < -0.3 is 5.11 Å². The first-order chi connectivity index (χ1) is 7.61. The second-order valence-corrected chi connectivity index (χ2v) is 3.36. The van der Waals surface area contributed by atoms with Crippen LogP contribution in [0, 0.1) is 18.3 Å². The summed E-state index contributed by atoms with van der Waals surface area (Å²) in [5.41, 5.74) is 0. The first-order valence-electron chi connectivity index (χ1n) is 4.54. The number of carbonyl (C=O) groups excluding carboxylic acids is 1. The second kappa shape index (κ2) is 3.66. The molecule has 1 unspecified atom stereocenters. The molecule has 1 atom stereocenters. The average molecular weight is 220 g/mol. The molecular weight excluding hydrogens is 212 g/mol. The maximum absolute atomic E-state index is 11.5. The number of aromatic amines is 1. The van der Waals surface area contributed by atoms with E-state index in [9.17, 15) is 9.59 Å². The van der Waals surface area contributed by atoms with Crippen LogP contribution < -0.4 is 4.90 Å². The number of amides is 1. The van der Waals surface area contributed by atoms with Crippen LogP contribution in [0.5, 0.6) is 0 Å². The van der Waals surface area contributed by atoms with E-state index in [2.05, 4.69) is 21.1 Å². The van der Waals surface area contributed by atoms with Crippen molar-refractivity contribution in [3.05, 3.63) is 5.82 Å². The van der Waals surface area contributed by atoms with Crippen LogP contribution in [0.4, 0.5) is 5.95 Å². The van der Waals surface area contributed by atoms with Gasteiger partial charge in [0.05, 0.1) is 0 Å². The molecule has 7 heteroatoms. The molecular formula is C9H8N4O3. The van der Waals surface area contributed by atoms with Crippen LogP contribution in [0.2, 0.25) is 0 Å². The minimum atomic E-state index is -1.22. The van der Waals surface area contributed by atoms with Gasteiger partial charge in [0.25, 0.3) is 5.95 Å². The molecule has 1 aliphatic rings. The fourth-order valence-corrected chi connectivity index (χ4v) is 1.48. The van der Waals surface area contributed by atoms with Crippen molar-refractivity contribution in [1.29, 1.82) is 0 Å². The van der Waals surface area contributed by atoms with Crippen molar-refractivity contribution in [2.24, 2.45) is 5.92 Å². The summed E-state index contributed by atoms with van der Waals surface area (Å²) < 4.78 is 0. The summed E-state index contributed by atoms with van der Waals surface area (Å²) in [6.45, 7) is 0.326. The highest BCUT2D eigenvalue weighted by Gasteiger charge is 2.32. The van der Waals surface area contributed by atoms with Gasteiger partial charge in [0.15, 0.2) is 0 Å². The van der Waals surface area contributed by atoms with Crippen molar-refractivity contribution < 1.29 is 14.7 Å². The van der Waals surface area contributed by atoms with Gasteiger partial charge in [-0.1, -0.05) is 0 Å². The number of terminal acetylenes is 1. The Morgan fingerprint density at radius 2 is 2.44 bits per heavy atom. The Kier molecular flexibility index (Phi) is 2.32. The number of carbonyl (C=O) groups is 2. The van der Waals surface area contributed by atoms with E-state index in [1.165, 1.54) is 4.90 Å². The number of anilines is 1. The summed E-state index contributed by atoms with van der Waals surface area (Å²) in [6, 6.07) is 0. The molecule has 0 bridgehead atoms. The van der Waals surface area contributed by atoms with E-state index in [4.69, 9.17) is 11.5 Å². The maximum atomic E-state index is 11.5. The third-order valence-corrected chi connectivity index (χ3v) is 2.28. The van der Waals surface area contributed by atoms with Gasteiger partial charge in [0.1, 0.15) is 0 Å². The first kappa shape index (κ1) is 10.2. The number of carboxylic acids is 1. The van der Waals surface area contributed by atoms with Crippen LogP contribution in [0.1, 0.15) is 17.0 Å². The first-order valence-corrected chi connectivity index (χ1v) is 4.54.